The fourth-order valence-electron chi connectivity index (χ4n) is 1.86. The monoisotopic (exact) mass is 233 g/mol. The molecule has 1 aromatic heterocycles. The summed E-state index contributed by atoms with van der Waals surface area (Å²) in [4.78, 5) is 4.52. The zero-order valence-electron chi connectivity index (χ0n) is 10.5. The number of aryl methyl sites for hydroxylation is 1. The number of aliphatic hydroxyl groups is 1. The predicted molar refractivity (Wildman–Crippen MR) is 70.0 cm³/mol. The highest BCUT2D eigenvalue weighted by Crippen LogP contribution is 2.19. The molecule has 2 rings (SSSR count). The van der Waals surface area contributed by atoms with Crippen LogP contribution >= 0.6 is 0 Å². The molecule has 0 aliphatic rings. The summed E-state index contributed by atoms with van der Waals surface area (Å²) in [6, 6.07) is 8.04. The van der Waals surface area contributed by atoms with E-state index in [9.17, 15) is 5.11 Å². The molecular formula is C13H19N3O. The topological polar surface area (TPSA) is 50.1 Å². The number of imidazole rings is 1. The molecule has 2 aromatic rings. The number of aliphatic hydroxyl groups excluding tert-OH is 1. The van der Waals surface area contributed by atoms with Crippen molar-refractivity contribution in [2.75, 3.05) is 11.9 Å². The van der Waals surface area contributed by atoms with Crippen LogP contribution in [-0.2, 0) is 7.05 Å². The maximum Gasteiger partial charge on any atom is 0.203 e. The third-order valence-corrected chi connectivity index (χ3v) is 3.10. The Hall–Kier alpha value is -1.55. The van der Waals surface area contributed by atoms with Crippen LogP contribution in [0.5, 0.6) is 0 Å². The van der Waals surface area contributed by atoms with Gasteiger partial charge in [0, 0.05) is 7.05 Å². The fraction of sp³-hybridized carbons (Fsp3) is 0.462. The van der Waals surface area contributed by atoms with Crippen LogP contribution in [0.2, 0.25) is 0 Å². The van der Waals surface area contributed by atoms with Gasteiger partial charge in [0.25, 0.3) is 0 Å². The highest BCUT2D eigenvalue weighted by molar-refractivity contribution is 5.78. The van der Waals surface area contributed by atoms with Crippen LogP contribution in [0.25, 0.3) is 11.0 Å². The highest BCUT2D eigenvalue weighted by Gasteiger charge is 2.15. The van der Waals surface area contributed by atoms with E-state index in [1.54, 1.807) is 0 Å². The lowest BCUT2D eigenvalue weighted by molar-refractivity contribution is 0.248. The minimum atomic E-state index is 0.0329. The van der Waals surface area contributed by atoms with Gasteiger partial charge in [0.15, 0.2) is 0 Å². The quantitative estimate of drug-likeness (QED) is 0.849. The zero-order valence-corrected chi connectivity index (χ0v) is 10.5. The summed E-state index contributed by atoms with van der Waals surface area (Å²) in [5.74, 6) is 1.17. The maximum absolute atomic E-state index is 9.32. The van der Waals surface area contributed by atoms with Crippen molar-refractivity contribution in [3.8, 4) is 0 Å². The Balaban J connectivity index is 2.33. The van der Waals surface area contributed by atoms with E-state index in [2.05, 4.69) is 24.1 Å². The van der Waals surface area contributed by atoms with Crippen LogP contribution in [-0.4, -0.2) is 27.3 Å². The average molecular weight is 233 g/mol. The molecule has 4 nitrogen and oxygen atoms in total. The molecule has 0 amide bonds. The van der Waals surface area contributed by atoms with Gasteiger partial charge in [0.1, 0.15) is 0 Å². The Morgan fingerprint density at radius 1 is 1.35 bits per heavy atom. The van der Waals surface area contributed by atoms with Crippen molar-refractivity contribution in [2.24, 2.45) is 13.0 Å². The third-order valence-electron chi connectivity index (χ3n) is 3.10. The summed E-state index contributed by atoms with van der Waals surface area (Å²) >= 11 is 0. The van der Waals surface area contributed by atoms with Gasteiger partial charge in [-0.15, -0.1) is 0 Å². The van der Waals surface area contributed by atoms with Crippen LogP contribution in [0.15, 0.2) is 24.3 Å². The summed E-state index contributed by atoms with van der Waals surface area (Å²) in [5.41, 5.74) is 2.06. The largest absolute Gasteiger partial charge is 0.394 e. The Morgan fingerprint density at radius 3 is 2.65 bits per heavy atom. The number of hydrogen-bond acceptors (Lipinski definition) is 3. The lowest BCUT2D eigenvalue weighted by Crippen LogP contribution is -2.30. The van der Waals surface area contributed by atoms with Crippen molar-refractivity contribution in [1.29, 1.82) is 0 Å². The van der Waals surface area contributed by atoms with Crippen LogP contribution < -0.4 is 5.32 Å². The van der Waals surface area contributed by atoms with Gasteiger partial charge in [-0.1, -0.05) is 26.0 Å². The smallest absolute Gasteiger partial charge is 0.203 e. The summed E-state index contributed by atoms with van der Waals surface area (Å²) in [6.45, 7) is 4.27. The molecule has 0 unspecified atom stereocenters. The number of nitrogens with one attached hydrogen (secondary N) is 1. The number of rotatable bonds is 4. The van der Waals surface area contributed by atoms with E-state index in [0.29, 0.717) is 5.92 Å². The number of benzene rings is 1. The van der Waals surface area contributed by atoms with E-state index in [1.807, 2.05) is 35.9 Å². The maximum atomic E-state index is 9.32. The van der Waals surface area contributed by atoms with Gasteiger partial charge in [0.2, 0.25) is 5.95 Å². The van der Waals surface area contributed by atoms with Gasteiger partial charge in [0.05, 0.1) is 23.7 Å². The van der Waals surface area contributed by atoms with Crippen LogP contribution in [0.1, 0.15) is 13.8 Å². The normalized spacial score (nSPS) is 13.2. The molecule has 0 saturated heterocycles. The molecule has 92 valence electrons. The van der Waals surface area contributed by atoms with Crippen molar-refractivity contribution in [3.63, 3.8) is 0 Å². The van der Waals surface area contributed by atoms with E-state index in [1.165, 1.54) is 0 Å². The number of anilines is 1. The molecule has 2 N–H and O–H groups in total. The first-order valence-corrected chi connectivity index (χ1v) is 5.92. The van der Waals surface area contributed by atoms with Crippen LogP contribution in [0.4, 0.5) is 5.95 Å². The summed E-state index contributed by atoms with van der Waals surface area (Å²) in [6.07, 6.45) is 0. The first kappa shape index (κ1) is 11.9. The first-order valence-electron chi connectivity index (χ1n) is 5.92. The highest BCUT2D eigenvalue weighted by atomic mass is 16.3. The molecule has 0 aliphatic carbocycles. The van der Waals surface area contributed by atoms with Crippen molar-refractivity contribution in [1.82, 2.24) is 9.55 Å². The second-order valence-electron chi connectivity index (χ2n) is 4.66. The Labute approximate surface area is 101 Å². The number of fused-ring (bicyclic) bond motifs is 1. The number of aromatic nitrogens is 2. The van der Waals surface area contributed by atoms with Gasteiger partial charge in [-0.05, 0) is 18.1 Å². The van der Waals surface area contributed by atoms with Gasteiger partial charge < -0.3 is 15.0 Å². The Morgan fingerprint density at radius 2 is 2.06 bits per heavy atom. The molecule has 4 heteroatoms. The van der Waals surface area contributed by atoms with E-state index in [4.69, 9.17) is 0 Å². The van der Waals surface area contributed by atoms with Crippen molar-refractivity contribution >= 4 is 17.0 Å². The predicted octanol–water partition coefficient (Wildman–Crippen LogP) is 2.00. The van der Waals surface area contributed by atoms with Crippen LogP contribution in [0.3, 0.4) is 0 Å². The molecule has 1 heterocycles. The number of hydrogen-bond donors (Lipinski definition) is 2. The standard InChI is InChI=1S/C13H19N3O/c1-9(2)11(8-17)15-13-14-10-6-4-5-7-12(10)16(13)3/h4-7,9,11,17H,8H2,1-3H3,(H,14,15)/t11-/m1/s1. The molecule has 1 aromatic carbocycles. The second-order valence-corrected chi connectivity index (χ2v) is 4.66. The Kier molecular flexibility index (Phi) is 3.33. The number of nitrogens with zero attached hydrogens (tertiary/aromatic N) is 2. The SMILES string of the molecule is CC(C)[C@@H](CO)Nc1nc2ccccc2n1C. The summed E-state index contributed by atoms with van der Waals surface area (Å²) < 4.78 is 2.01. The molecule has 0 radical (unpaired) electrons. The van der Waals surface area contributed by atoms with Crippen molar-refractivity contribution < 1.29 is 5.11 Å². The molecule has 0 aliphatic heterocycles. The minimum Gasteiger partial charge on any atom is -0.394 e. The third kappa shape index (κ3) is 2.26. The summed E-state index contributed by atoms with van der Waals surface area (Å²) in [7, 11) is 1.98. The van der Waals surface area contributed by atoms with Gasteiger partial charge in [-0.2, -0.15) is 0 Å². The first-order chi connectivity index (χ1) is 8.13. The molecule has 0 fully saturated rings. The van der Waals surface area contributed by atoms with Crippen LogP contribution in [0, 0.1) is 5.92 Å². The van der Waals surface area contributed by atoms with E-state index in [-0.39, 0.29) is 12.6 Å². The fourth-order valence-corrected chi connectivity index (χ4v) is 1.86. The average Bonchev–Trinajstić information content (AvgIpc) is 2.63. The lowest BCUT2D eigenvalue weighted by atomic mass is 10.1. The number of para-hydroxylation sites is 2. The molecule has 0 spiro atoms. The van der Waals surface area contributed by atoms with Crippen molar-refractivity contribution in [2.45, 2.75) is 19.9 Å². The van der Waals surface area contributed by atoms with Gasteiger partial charge in [-0.3, -0.25) is 0 Å². The molecule has 17 heavy (non-hydrogen) atoms. The second kappa shape index (κ2) is 4.75. The van der Waals surface area contributed by atoms with E-state index in [0.717, 1.165) is 17.0 Å². The zero-order chi connectivity index (χ0) is 12.4. The van der Waals surface area contributed by atoms with E-state index < -0.39 is 0 Å². The molecule has 0 bridgehead atoms. The van der Waals surface area contributed by atoms with E-state index >= 15 is 0 Å². The molecule has 0 saturated carbocycles. The Bertz CT molecular complexity index is 504. The van der Waals surface area contributed by atoms with Crippen molar-refractivity contribution in [3.05, 3.63) is 24.3 Å². The van der Waals surface area contributed by atoms with Gasteiger partial charge in [-0.25, -0.2) is 4.98 Å². The molecule has 1 atom stereocenters. The lowest BCUT2D eigenvalue weighted by Gasteiger charge is -2.20. The molecular weight excluding hydrogens is 214 g/mol. The van der Waals surface area contributed by atoms with Gasteiger partial charge >= 0.3 is 0 Å². The summed E-state index contributed by atoms with van der Waals surface area (Å²) in [5, 5.41) is 12.6. The minimum absolute atomic E-state index is 0.0329.